The van der Waals surface area contributed by atoms with Gasteiger partial charge in [0.1, 0.15) is 0 Å². The molecule has 5 rings (SSSR count). The number of pyridine rings is 1. The highest BCUT2D eigenvalue weighted by molar-refractivity contribution is 5.89. The van der Waals surface area contributed by atoms with Gasteiger partial charge in [-0.1, -0.05) is 0 Å². The molecule has 0 saturated heterocycles. The lowest BCUT2D eigenvalue weighted by atomic mass is 9.91. The summed E-state index contributed by atoms with van der Waals surface area (Å²) in [7, 11) is 5.31. The zero-order valence-electron chi connectivity index (χ0n) is 20.5. The number of aliphatic imine (C=N–C) groups is 1. The maximum absolute atomic E-state index is 7.66. The molecular formula is C25H28N10O. The van der Waals surface area contributed by atoms with Crippen LogP contribution < -0.4 is 5.32 Å². The Hall–Kier alpha value is -4.25. The molecule has 4 heterocycles. The number of methoxy groups -OCH3 is 1. The summed E-state index contributed by atoms with van der Waals surface area (Å²) in [5.74, 6) is 0.906. The zero-order chi connectivity index (χ0) is 25.1. The first kappa shape index (κ1) is 23.5. The van der Waals surface area contributed by atoms with E-state index in [1.165, 1.54) is 6.21 Å². The first-order valence-corrected chi connectivity index (χ1v) is 11.7. The minimum Gasteiger partial charge on any atom is -0.383 e. The fourth-order valence-electron chi connectivity index (χ4n) is 4.41. The van der Waals surface area contributed by atoms with Gasteiger partial charge in [0.15, 0.2) is 5.82 Å². The van der Waals surface area contributed by atoms with Gasteiger partial charge in [-0.25, -0.2) is 9.97 Å². The van der Waals surface area contributed by atoms with E-state index in [-0.39, 0.29) is 5.92 Å². The number of hydrogen-bond donors (Lipinski definition) is 2. The van der Waals surface area contributed by atoms with Crippen molar-refractivity contribution >= 4 is 24.2 Å². The van der Waals surface area contributed by atoms with Crippen molar-refractivity contribution in [2.75, 3.05) is 26.1 Å². The van der Waals surface area contributed by atoms with Crippen LogP contribution >= 0.6 is 0 Å². The Morgan fingerprint density at radius 3 is 2.83 bits per heavy atom. The van der Waals surface area contributed by atoms with E-state index in [4.69, 9.17) is 20.2 Å². The lowest BCUT2D eigenvalue weighted by molar-refractivity contribution is 0.183. The Bertz CT molecular complexity index is 1400. The van der Waals surface area contributed by atoms with Gasteiger partial charge in [-0.3, -0.25) is 19.3 Å². The molecule has 0 aliphatic heterocycles. The third-order valence-electron chi connectivity index (χ3n) is 6.15. The van der Waals surface area contributed by atoms with Gasteiger partial charge >= 0.3 is 0 Å². The monoisotopic (exact) mass is 484 g/mol. The standard InChI is InChI=1S/C25H28N10O/c1-27-13-18(12-26)19-6-5-17(15-28-19)24-22-20(32-34(24)2)7-4-16-14-29-25(31-23(16)22)30-21-8-9-35(33-21)10-11-36-3/h5-6,8-9,12-15,18,26H,4,7,10-11H2,1-3H3,(H,29,30,31,33). The van der Waals surface area contributed by atoms with Crippen LogP contribution in [0.15, 0.2) is 41.8 Å². The quantitative estimate of drug-likeness (QED) is 0.349. The summed E-state index contributed by atoms with van der Waals surface area (Å²) in [5, 5.41) is 20.2. The Kier molecular flexibility index (Phi) is 6.63. The number of fused-ring (bicyclic) bond motifs is 3. The maximum atomic E-state index is 7.66. The van der Waals surface area contributed by atoms with Gasteiger partial charge in [-0.15, -0.1) is 0 Å². The molecular weight excluding hydrogens is 456 g/mol. The van der Waals surface area contributed by atoms with Gasteiger partial charge < -0.3 is 15.5 Å². The Morgan fingerprint density at radius 2 is 2.08 bits per heavy atom. The molecule has 0 amide bonds. The van der Waals surface area contributed by atoms with Crippen molar-refractivity contribution in [1.29, 1.82) is 5.41 Å². The summed E-state index contributed by atoms with van der Waals surface area (Å²) < 4.78 is 8.83. The van der Waals surface area contributed by atoms with E-state index in [1.807, 2.05) is 53.2 Å². The van der Waals surface area contributed by atoms with Crippen molar-refractivity contribution in [3.8, 4) is 22.5 Å². The lowest BCUT2D eigenvalue weighted by Gasteiger charge is -2.17. The van der Waals surface area contributed by atoms with E-state index >= 15 is 0 Å². The minimum atomic E-state index is -0.246. The molecule has 1 aliphatic carbocycles. The predicted molar refractivity (Wildman–Crippen MR) is 138 cm³/mol. The van der Waals surface area contributed by atoms with Crippen molar-refractivity contribution in [3.63, 3.8) is 0 Å². The van der Waals surface area contributed by atoms with Crippen LogP contribution in [0.3, 0.4) is 0 Å². The highest BCUT2D eigenvalue weighted by atomic mass is 16.5. The second-order valence-corrected chi connectivity index (χ2v) is 8.51. The smallest absolute Gasteiger partial charge is 0.228 e. The topological polar surface area (TPSA) is 132 Å². The Balaban J connectivity index is 1.48. The van der Waals surface area contributed by atoms with Crippen LogP contribution in [0.4, 0.5) is 11.8 Å². The van der Waals surface area contributed by atoms with E-state index < -0.39 is 0 Å². The molecule has 0 saturated carbocycles. The second-order valence-electron chi connectivity index (χ2n) is 8.51. The molecule has 0 bridgehead atoms. The van der Waals surface area contributed by atoms with Crippen LogP contribution in [0.5, 0.6) is 0 Å². The predicted octanol–water partition coefficient (Wildman–Crippen LogP) is 3.06. The molecule has 1 aliphatic rings. The third kappa shape index (κ3) is 4.52. The lowest BCUT2D eigenvalue weighted by Crippen LogP contribution is -2.09. The molecule has 36 heavy (non-hydrogen) atoms. The zero-order valence-corrected chi connectivity index (χ0v) is 20.5. The molecule has 0 spiro atoms. The summed E-state index contributed by atoms with van der Waals surface area (Å²) in [6.07, 6.45) is 10.3. The molecule has 11 heteroatoms. The fourth-order valence-corrected chi connectivity index (χ4v) is 4.41. The molecule has 0 aromatic carbocycles. The van der Waals surface area contributed by atoms with Gasteiger partial charge in [-0.05, 0) is 30.5 Å². The minimum absolute atomic E-state index is 0.246. The largest absolute Gasteiger partial charge is 0.383 e. The Labute approximate surface area is 208 Å². The van der Waals surface area contributed by atoms with Gasteiger partial charge in [0, 0.05) is 69.4 Å². The van der Waals surface area contributed by atoms with E-state index in [9.17, 15) is 0 Å². The number of aromatic nitrogens is 7. The van der Waals surface area contributed by atoms with Crippen LogP contribution in [0.25, 0.3) is 22.5 Å². The number of aryl methyl sites for hydroxylation is 3. The van der Waals surface area contributed by atoms with E-state index in [0.717, 1.165) is 52.3 Å². The van der Waals surface area contributed by atoms with Crippen LogP contribution in [0, 0.1) is 5.41 Å². The first-order valence-electron chi connectivity index (χ1n) is 11.7. The van der Waals surface area contributed by atoms with Crippen molar-refractivity contribution in [1.82, 2.24) is 34.5 Å². The number of nitrogens with zero attached hydrogens (tertiary/aromatic N) is 8. The molecule has 1 atom stereocenters. The normalized spacial score (nSPS) is 13.4. The highest BCUT2D eigenvalue weighted by Crippen LogP contribution is 2.39. The van der Waals surface area contributed by atoms with E-state index in [0.29, 0.717) is 24.9 Å². The molecule has 4 aromatic rings. The van der Waals surface area contributed by atoms with Crippen LogP contribution in [0.2, 0.25) is 0 Å². The van der Waals surface area contributed by atoms with Gasteiger partial charge in [0.05, 0.1) is 41.8 Å². The molecule has 1 unspecified atom stereocenters. The molecule has 11 nitrogen and oxygen atoms in total. The number of anilines is 2. The number of hydrogen-bond acceptors (Lipinski definition) is 9. The molecule has 0 fully saturated rings. The van der Waals surface area contributed by atoms with E-state index in [2.05, 4.69) is 25.4 Å². The summed E-state index contributed by atoms with van der Waals surface area (Å²) in [6.45, 7) is 1.26. The van der Waals surface area contributed by atoms with E-state index in [1.54, 1.807) is 20.4 Å². The highest BCUT2D eigenvalue weighted by Gasteiger charge is 2.27. The van der Waals surface area contributed by atoms with Gasteiger partial charge in [0.25, 0.3) is 0 Å². The Morgan fingerprint density at radius 1 is 1.19 bits per heavy atom. The molecule has 4 aromatic heterocycles. The van der Waals surface area contributed by atoms with Crippen molar-refractivity contribution in [2.45, 2.75) is 25.3 Å². The number of nitrogens with one attached hydrogen (secondary N) is 2. The number of rotatable bonds is 9. The molecule has 2 N–H and O–H groups in total. The van der Waals surface area contributed by atoms with Crippen LogP contribution in [-0.4, -0.2) is 67.7 Å². The SMILES string of the molecule is CN=CC(C=N)c1ccc(-c2c3c(nn2C)CCc2cnc(Nc4ccn(CCOC)n4)nc2-3)cn1. The third-order valence-corrected chi connectivity index (χ3v) is 6.15. The number of ether oxygens (including phenoxy) is 1. The fraction of sp³-hybridized carbons (Fsp3) is 0.320. The summed E-state index contributed by atoms with van der Waals surface area (Å²) in [6, 6.07) is 5.83. The summed E-state index contributed by atoms with van der Waals surface area (Å²) in [5.41, 5.74) is 6.63. The van der Waals surface area contributed by atoms with Crippen molar-refractivity contribution < 1.29 is 4.74 Å². The average molecular weight is 485 g/mol. The van der Waals surface area contributed by atoms with Gasteiger partial charge in [0.2, 0.25) is 5.95 Å². The van der Waals surface area contributed by atoms with Crippen LogP contribution in [0.1, 0.15) is 22.9 Å². The van der Waals surface area contributed by atoms with Crippen molar-refractivity contribution in [3.05, 3.63) is 53.7 Å². The van der Waals surface area contributed by atoms with Gasteiger partial charge in [-0.2, -0.15) is 10.2 Å². The van der Waals surface area contributed by atoms with Crippen molar-refractivity contribution in [2.24, 2.45) is 12.0 Å². The maximum Gasteiger partial charge on any atom is 0.228 e. The summed E-state index contributed by atoms with van der Waals surface area (Å²) in [4.78, 5) is 18.1. The first-order chi connectivity index (χ1) is 17.6. The molecule has 0 radical (unpaired) electrons. The summed E-state index contributed by atoms with van der Waals surface area (Å²) >= 11 is 0. The average Bonchev–Trinajstić information content (AvgIpc) is 3.49. The van der Waals surface area contributed by atoms with Crippen LogP contribution in [-0.2, 0) is 31.2 Å². The molecule has 184 valence electrons. The second kappa shape index (κ2) is 10.2.